The van der Waals surface area contributed by atoms with E-state index in [4.69, 9.17) is 9.47 Å². The summed E-state index contributed by atoms with van der Waals surface area (Å²) in [5, 5.41) is 15.5. The van der Waals surface area contributed by atoms with Crippen molar-refractivity contribution in [1.82, 2.24) is 5.32 Å². The molecule has 0 aliphatic carbocycles. The topological polar surface area (TPSA) is 123 Å². The van der Waals surface area contributed by atoms with Crippen molar-refractivity contribution in [2.75, 3.05) is 12.4 Å². The van der Waals surface area contributed by atoms with E-state index in [2.05, 4.69) is 15.4 Å². The summed E-state index contributed by atoms with van der Waals surface area (Å²) in [4.78, 5) is 37.3. The van der Waals surface area contributed by atoms with Crippen molar-refractivity contribution in [3.63, 3.8) is 0 Å². The van der Waals surface area contributed by atoms with Gasteiger partial charge < -0.3 is 30.0 Å². The second-order valence-corrected chi connectivity index (χ2v) is 9.53. The number of carbonyl (C=O) groups excluding carboxylic acids is 3. The fourth-order valence-corrected chi connectivity index (χ4v) is 3.46. The van der Waals surface area contributed by atoms with E-state index in [-0.39, 0.29) is 23.4 Å². The minimum atomic E-state index is -1.03. The SMILES string of the molecule is COC(=O)c1ccc(NC(=O)[C@@H](Cc2ccc(OCc3ccccc3)cc2)NC(=O)OC(C)(C)C)c(O)c1. The normalized spacial score (nSPS) is 11.7. The number of alkyl carbamates (subject to hydrolysis) is 1. The van der Waals surface area contributed by atoms with Crippen LogP contribution in [0, 0.1) is 0 Å². The highest BCUT2D eigenvalue weighted by molar-refractivity contribution is 5.99. The highest BCUT2D eigenvalue weighted by Gasteiger charge is 2.25. The summed E-state index contributed by atoms with van der Waals surface area (Å²) < 4.78 is 15.8. The number of nitrogens with one attached hydrogen (secondary N) is 2. The van der Waals surface area contributed by atoms with Crippen molar-refractivity contribution in [3.05, 3.63) is 89.5 Å². The van der Waals surface area contributed by atoms with Crippen LogP contribution in [0.25, 0.3) is 0 Å². The van der Waals surface area contributed by atoms with Crippen LogP contribution in [0.1, 0.15) is 42.3 Å². The number of carbonyl (C=O) groups is 3. The van der Waals surface area contributed by atoms with Crippen LogP contribution in [0.5, 0.6) is 11.5 Å². The molecular formula is C29H32N2O7. The number of hydrogen-bond acceptors (Lipinski definition) is 7. The minimum absolute atomic E-state index is 0.0725. The van der Waals surface area contributed by atoms with Gasteiger partial charge in [-0.05, 0) is 62.2 Å². The molecule has 9 heteroatoms. The van der Waals surface area contributed by atoms with E-state index < -0.39 is 29.6 Å². The van der Waals surface area contributed by atoms with Crippen LogP contribution in [0.15, 0.2) is 72.8 Å². The smallest absolute Gasteiger partial charge is 0.408 e. The molecule has 1 atom stereocenters. The number of rotatable bonds is 9. The number of amides is 2. The van der Waals surface area contributed by atoms with Gasteiger partial charge in [0.2, 0.25) is 5.91 Å². The third-order valence-electron chi connectivity index (χ3n) is 5.30. The fraction of sp³-hybridized carbons (Fsp3) is 0.276. The molecule has 0 fully saturated rings. The van der Waals surface area contributed by atoms with Crippen LogP contribution >= 0.6 is 0 Å². The van der Waals surface area contributed by atoms with Gasteiger partial charge in [-0.25, -0.2) is 9.59 Å². The summed E-state index contributed by atoms with van der Waals surface area (Å²) in [6.07, 6.45) is -0.615. The number of methoxy groups -OCH3 is 1. The van der Waals surface area contributed by atoms with Crippen molar-refractivity contribution in [3.8, 4) is 11.5 Å². The Morgan fingerprint density at radius 3 is 2.21 bits per heavy atom. The highest BCUT2D eigenvalue weighted by Crippen LogP contribution is 2.25. The van der Waals surface area contributed by atoms with Gasteiger partial charge in [0.1, 0.15) is 29.7 Å². The number of phenolic OH excluding ortho intramolecular Hbond substituents is 1. The summed E-state index contributed by atoms with van der Waals surface area (Å²) in [6.45, 7) is 5.58. The van der Waals surface area contributed by atoms with E-state index in [1.807, 2.05) is 30.3 Å². The number of ether oxygens (including phenoxy) is 3. The van der Waals surface area contributed by atoms with Gasteiger partial charge >= 0.3 is 12.1 Å². The molecule has 3 aromatic rings. The minimum Gasteiger partial charge on any atom is -0.506 e. The Balaban J connectivity index is 1.72. The zero-order chi connectivity index (χ0) is 27.7. The molecule has 0 aliphatic heterocycles. The lowest BCUT2D eigenvalue weighted by Gasteiger charge is -2.23. The van der Waals surface area contributed by atoms with Crippen molar-refractivity contribution < 1.29 is 33.7 Å². The van der Waals surface area contributed by atoms with Crippen LogP contribution < -0.4 is 15.4 Å². The molecule has 3 aromatic carbocycles. The standard InChI is InChI=1S/C29H32N2O7/c1-29(2,3)38-28(35)31-24(26(33)30-23-15-12-21(17-25(23)32)27(34)36-4)16-19-10-13-22(14-11-19)37-18-20-8-6-5-7-9-20/h5-15,17,24,32H,16,18H2,1-4H3,(H,30,33)(H,31,35)/t24-/m1/s1. The van der Waals surface area contributed by atoms with E-state index >= 15 is 0 Å². The van der Waals surface area contributed by atoms with Gasteiger partial charge in [0.25, 0.3) is 0 Å². The molecule has 0 aromatic heterocycles. The van der Waals surface area contributed by atoms with Crippen LogP contribution in [-0.4, -0.2) is 41.8 Å². The maximum atomic E-state index is 13.2. The van der Waals surface area contributed by atoms with Crippen LogP contribution in [0.4, 0.5) is 10.5 Å². The zero-order valence-corrected chi connectivity index (χ0v) is 21.8. The first-order valence-electron chi connectivity index (χ1n) is 12.0. The first kappa shape index (κ1) is 28.0. The molecular weight excluding hydrogens is 488 g/mol. The molecule has 3 N–H and O–H groups in total. The quantitative estimate of drug-likeness (QED) is 0.273. The first-order chi connectivity index (χ1) is 18.0. The average Bonchev–Trinajstić information content (AvgIpc) is 2.88. The number of benzene rings is 3. The molecule has 0 saturated heterocycles. The molecule has 38 heavy (non-hydrogen) atoms. The molecule has 3 rings (SSSR count). The Hall–Kier alpha value is -4.53. The lowest BCUT2D eigenvalue weighted by molar-refractivity contribution is -0.118. The van der Waals surface area contributed by atoms with Gasteiger partial charge in [-0.1, -0.05) is 42.5 Å². The Labute approximate surface area is 221 Å². The molecule has 0 heterocycles. The molecule has 9 nitrogen and oxygen atoms in total. The average molecular weight is 521 g/mol. The maximum absolute atomic E-state index is 13.2. The molecule has 0 unspecified atom stereocenters. The Bertz CT molecular complexity index is 1250. The molecule has 2 amide bonds. The fourth-order valence-electron chi connectivity index (χ4n) is 3.46. The molecule has 0 radical (unpaired) electrons. The Kier molecular flexibility index (Phi) is 9.32. The van der Waals surface area contributed by atoms with Crippen molar-refractivity contribution >= 4 is 23.7 Å². The number of anilines is 1. The number of hydrogen-bond donors (Lipinski definition) is 3. The van der Waals surface area contributed by atoms with Crippen molar-refractivity contribution in [2.45, 2.75) is 45.4 Å². The van der Waals surface area contributed by atoms with Gasteiger partial charge in [0.05, 0.1) is 18.4 Å². The van der Waals surface area contributed by atoms with Gasteiger partial charge in [0, 0.05) is 6.42 Å². The summed E-state index contributed by atoms with van der Waals surface area (Å²) in [5.74, 6) is -0.869. The molecule has 0 aliphatic rings. The largest absolute Gasteiger partial charge is 0.506 e. The Morgan fingerprint density at radius 1 is 0.921 bits per heavy atom. The lowest BCUT2D eigenvalue weighted by atomic mass is 10.0. The van der Waals surface area contributed by atoms with E-state index in [9.17, 15) is 19.5 Å². The summed E-state index contributed by atoms with van der Waals surface area (Å²) in [5.41, 5.74) is 1.24. The third-order valence-corrected chi connectivity index (χ3v) is 5.30. The van der Waals surface area contributed by atoms with Gasteiger partial charge in [-0.2, -0.15) is 0 Å². The van der Waals surface area contributed by atoms with E-state index in [0.29, 0.717) is 12.4 Å². The monoisotopic (exact) mass is 520 g/mol. The van der Waals surface area contributed by atoms with Crippen molar-refractivity contribution in [1.29, 1.82) is 0 Å². The van der Waals surface area contributed by atoms with Crippen molar-refractivity contribution in [2.24, 2.45) is 0 Å². The molecule has 0 spiro atoms. The van der Waals surface area contributed by atoms with Gasteiger partial charge in [-0.15, -0.1) is 0 Å². The van der Waals surface area contributed by atoms with E-state index in [0.717, 1.165) is 11.1 Å². The second-order valence-electron chi connectivity index (χ2n) is 9.53. The van der Waals surface area contributed by atoms with E-state index in [1.54, 1.807) is 45.0 Å². The molecule has 200 valence electrons. The third kappa shape index (κ3) is 8.55. The van der Waals surface area contributed by atoms with Crippen LogP contribution in [0.2, 0.25) is 0 Å². The lowest BCUT2D eigenvalue weighted by Crippen LogP contribution is -2.47. The van der Waals surface area contributed by atoms with Gasteiger partial charge in [0.15, 0.2) is 0 Å². The van der Waals surface area contributed by atoms with Crippen LogP contribution in [-0.2, 0) is 27.3 Å². The zero-order valence-electron chi connectivity index (χ0n) is 21.8. The number of aromatic hydroxyl groups is 1. The summed E-state index contributed by atoms with van der Waals surface area (Å²) in [6, 6.07) is 19.9. The Morgan fingerprint density at radius 2 is 1.61 bits per heavy atom. The van der Waals surface area contributed by atoms with Crippen LogP contribution in [0.3, 0.4) is 0 Å². The second kappa shape index (κ2) is 12.6. The first-order valence-corrected chi connectivity index (χ1v) is 12.0. The maximum Gasteiger partial charge on any atom is 0.408 e. The summed E-state index contributed by atoms with van der Waals surface area (Å²) >= 11 is 0. The molecule has 0 saturated carbocycles. The predicted molar refractivity (Wildman–Crippen MR) is 142 cm³/mol. The highest BCUT2D eigenvalue weighted by atomic mass is 16.6. The van der Waals surface area contributed by atoms with Gasteiger partial charge in [-0.3, -0.25) is 4.79 Å². The molecule has 0 bridgehead atoms. The summed E-state index contributed by atoms with van der Waals surface area (Å²) in [7, 11) is 1.23. The van der Waals surface area contributed by atoms with E-state index in [1.165, 1.54) is 25.3 Å². The number of phenols is 1. The predicted octanol–water partition coefficient (Wildman–Crippen LogP) is 4.83. The number of esters is 1.